The molecule has 2 rings (SSSR count). The van der Waals surface area contributed by atoms with E-state index in [-0.39, 0.29) is 5.91 Å². The molecule has 1 atom stereocenters. The molecule has 1 aliphatic rings. The van der Waals surface area contributed by atoms with Gasteiger partial charge < -0.3 is 10.2 Å². The summed E-state index contributed by atoms with van der Waals surface area (Å²) < 4.78 is 0. The van der Waals surface area contributed by atoms with Crippen LogP contribution in [-0.2, 0) is 11.2 Å². The quantitative estimate of drug-likeness (QED) is 0.838. The number of nitrogens with zero attached hydrogens (tertiary/aromatic N) is 2. The van der Waals surface area contributed by atoms with E-state index in [2.05, 4.69) is 10.3 Å². The molecular formula is C13H19N3O. The highest BCUT2D eigenvalue weighted by atomic mass is 16.2. The molecule has 1 N–H and O–H groups in total. The van der Waals surface area contributed by atoms with Crippen molar-refractivity contribution < 1.29 is 4.79 Å². The van der Waals surface area contributed by atoms with E-state index in [0.29, 0.717) is 12.5 Å². The van der Waals surface area contributed by atoms with Crippen LogP contribution in [0.2, 0.25) is 0 Å². The minimum atomic E-state index is 0.185. The van der Waals surface area contributed by atoms with E-state index in [1.807, 2.05) is 31.0 Å². The van der Waals surface area contributed by atoms with Crippen molar-refractivity contribution in [3.05, 3.63) is 29.6 Å². The number of likely N-dealkylation sites (tertiary alicyclic amines) is 1. The fourth-order valence-corrected chi connectivity index (χ4v) is 2.18. The summed E-state index contributed by atoms with van der Waals surface area (Å²) in [5, 5.41) is 3.21. The van der Waals surface area contributed by atoms with Crippen molar-refractivity contribution in [1.29, 1.82) is 0 Å². The van der Waals surface area contributed by atoms with Gasteiger partial charge in [0.15, 0.2) is 0 Å². The Labute approximate surface area is 102 Å². The van der Waals surface area contributed by atoms with Gasteiger partial charge in [0.1, 0.15) is 0 Å². The number of aromatic nitrogens is 1. The maximum Gasteiger partial charge on any atom is 0.228 e. The Bertz CT molecular complexity index is 405. The lowest BCUT2D eigenvalue weighted by molar-refractivity contribution is -0.129. The van der Waals surface area contributed by atoms with Gasteiger partial charge in [0.2, 0.25) is 5.91 Å². The molecule has 4 heteroatoms. The van der Waals surface area contributed by atoms with Crippen molar-refractivity contribution in [1.82, 2.24) is 15.2 Å². The summed E-state index contributed by atoms with van der Waals surface area (Å²) in [7, 11) is 1.95. The van der Waals surface area contributed by atoms with E-state index in [0.717, 1.165) is 30.8 Å². The fourth-order valence-electron chi connectivity index (χ4n) is 2.18. The second kappa shape index (κ2) is 5.27. The highest BCUT2D eigenvalue weighted by Crippen LogP contribution is 2.12. The highest BCUT2D eigenvalue weighted by Gasteiger charge is 2.25. The molecule has 1 saturated heterocycles. The van der Waals surface area contributed by atoms with Crippen molar-refractivity contribution in [2.75, 3.05) is 20.1 Å². The molecule has 1 aromatic rings. The predicted octanol–water partition coefficient (Wildman–Crippen LogP) is 0.753. The van der Waals surface area contributed by atoms with Crippen LogP contribution in [0.15, 0.2) is 18.3 Å². The molecule has 2 heterocycles. The van der Waals surface area contributed by atoms with Crippen molar-refractivity contribution >= 4 is 5.91 Å². The molecule has 0 aromatic carbocycles. The van der Waals surface area contributed by atoms with Gasteiger partial charge >= 0.3 is 0 Å². The molecule has 92 valence electrons. The fraction of sp³-hybridized carbons (Fsp3) is 0.538. The van der Waals surface area contributed by atoms with Crippen molar-refractivity contribution in [2.45, 2.75) is 25.8 Å². The molecule has 4 nitrogen and oxygen atoms in total. The van der Waals surface area contributed by atoms with Crippen LogP contribution in [0.5, 0.6) is 0 Å². The first-order valence-electron chi connectivity index (χ1n) is 6.06. The monoisotopic (exact) mass is 233 g/mol. The number of hydrogen-bond donors (Lipinski definition) is 1. The lowest BCUT2D eigenvalue weighted by Gasteiger charge is -2.16. The lowest BCUT2D eigenvalue weighted by Crippen LogP contribution is -2.34. The van der Waals surface area contributed by atoms with E-state index in [1.165, 1.54) is 0 Å². The second-order valence-corrected chi connectivity index (χ2v) is 4.56. The molecule has 1 fully saturated rings. The molecule has 0 spiro atoms. The molecular weight excluding hydrogens is 214 g/mol. The number of rotatable bonds is 3. The van der Waals surface area contributed by atoms with Crippen LogP contribution in [0.1, 0.15) is 17.7 Å². The third-order valence-corrected chi connectivity index (χ3v) is 3.39. The van der Waals surface area contributed by atoms with Gasteiger partial charge in [0.05, 0.1) is 12.1 Å². The summed E-state index contributed by atoms with van der Waals surface area (Å²) >= 11 is 0. The second-order valence-electron chi connectivity index (χ2n) is 4.56. The Balaban J connectivity index is 1.96. The van der Waals surface area contributed by atoms with Crippen LogP contribution in [0.3, 0.4) is 0 Å². The topological polar surface area (TPSA) is 45.2 Å². The molecule has 0 aliphatic carbocycles. The summed E-state index contributed by atoms with van der Waals surface area (Å²) in [5.74, 6) is 0.185. The van der Waals surface area contributed by atoms with Crippen LogP contribution < -0.4 is 5.32 Å². The van der Waals surface area contributed by atoms with Crippen LogP contribution in [0.4, 0.5) is 0 Å². The summed E-state index contributed by atoms with van der Waals surface area (Å²) in [4.78, 5) is 18.3. The zero-order valence-corrected chi connectivity index (χ0v) is 10.4. The number of aryl methyl sites for hydroxylation is 1. The SMILES string of the molecule is CNC1CCN(C(=O)Cc2ncccc2C)C1. The van der Waals surface area contributed by atoms with Gasteiger partial charge in [-0.05, 0) is 32.0 Å². The van der Waals surface area contributed by atoms with Gasteiger partial charge in [-0.1, -0.05) is 6.07 Å². The smallest absolute Gasteiger partial charge is 0.228 e. The molecule has 0 bridgehead atoms. The third kappa shape index (κ3) is 2.82. The number of amides is 1. The molecule has 1 aliphatic heterocycles. The van der Waals surface area contributed by atoms with Gasteiger partial charge in [0.25, 0.3) is 0 Å². The Hall–Kier alpha value is -1.42. The Morgan fingerprint density at radius 3 is 3.12 bits per heavy atom. The van der Waals surface area contributed by atoms with Crippen LogP contribution in [0, 0.1) is 6.92 Å². The number of carbonyl (C=O) groups excluding carboxylic acids is 1. The standard InChI is InChI=1S/C13H19N3O/c1-10-4-3-6-15-12(10)8-13(17)16-7-5-11(9-16)14-2/h3-4,6,11,14H,5,7-9H2,1-2H3. The minimum Gasteiger partial charge on any atom is -0.341 e. The largest absolute Gasteiger partial charge is 0.341 e. The van der Waals surface area contributed by atoms with Crippen molar-refractivity contribution in [3.8, 4) is 0 Å². The first-order chi connectivity index (χ1) is 8.20. The predicted molar refractivity (Wildman–Crippen MR) is 66.7 cm³/mol. The Morgan fingerprint density at radius 1 is 1.65 bits per heavy atom. The van der Waals surface area contributed by atoms with Crippen molar-refractivity contribution in [3.63, 3.8) is 0 Å². The molecule has 1 unspecified atom stereocenters. The van der Waals surface area contributed by atoms with Gasteiger partial charge in [-0.25, -0.2) is 0 Å². The molecule has 1 aromatic heterocycles. The third-order valence-electron chi connectivity index (χ3n) is 3.39. The maximum absolute atomic E-state index is 12.1. The van der Waals surface area contributed by atoms with Crippen LogP contribution in [0.25, 0.3) is 0 Å². The van der Waals surface area contributed by atoms with E-state index >= 15 is 0 Å². The number of pyridine rings is 1. The first-order valence-corrected chi connectivity index (χ1v) is 6.06. The van der Waals surface area contributed by atoms with E-state index < -0.39 is 0 Å². The van der Waals surface area contributed by atoms with E-state index in [1.54, 1.807) is 6.20 Å². The van der Waals surface area contributed by atoms with Gasteiger partial charge in [-0.3, -0.25) is 9.78 Å². The molecule has 1 amide bonds. The first kappa shape index (κ1) is 12.0. The van der Waals surface area contributed by atoms with Gasteiger partial charge in [-0.2, -0.15) is 0 Å². The Morgan fingerprint density at radius 2 is 2.47 bits per heavy atom. The van der Waals surface area contributed by atoms with Crippen LogP contribution >= 0.6 is 0 Å². The number of likely N-dealkylation sites (N-methyl/N-ethyl adjacent to an activating group) is 1. The van der Waals surface area contributed by atoms with Gasteiger partial charge in [-0.15, -0.1) is 0 Å². The molecule has 0 saturated carbocycles. The zero-order valence-electron chi connectivity index (χ0n) is 10.4. The van der Waals surface area contributed by atoms with Crippen LogP contribution in [-0.4, -0.2) is 42.0 Å². The number of hydrogen-bond acceptors (Lipinski definition) is 3. The Kier molecular flexibility index (Phi) is 3.74. The summed E-state index contributed by atoms with van der Waals surface area (Å²) in [6.45, 7) is 3.67. The maximum atomic E-state index is 12.1. The number of carbonyl (C=O) groups is 1. The summed E-state index contributed by atoms with van der Waals surface area (Å²) in [5.41, 5.74) is 1.98. The lowest BCUT2D eigenvalue weighted by atomic mass is 10.1. The van der Waals surface area contributed by atoms with Gasteiger partial charge in [0, 0.05) is 25.3 Å². The van der Waals surface area contributed by atoms with Crippen molar-refractivity contribution in [2.24, 2.45) is 0 Å². The summed E-state index contributed by atoms with van der Waals surface area (Å²) in [6, 6.07) is 4.34. The average Bonchev–Trinajstić information content (AvgIpc) is 2.81. The molecule has 17 heavy (non-hydrogen) atoms. The minimum absolute atomic E-state index is 0.185. The van der Waals surface area contributed by atoms with E-state index in [9.17, 15) is 4.79 Å². The highest BCUT2D eigenvalue weighted by molar-refractivity contribution is 5.79. The number of nitrogens with one attached hydrogen (secondary N) is 1. The summed E-state index contributed by atoms with van der Waals surface area (Å²) in [6.07, 6.45) is 3.21. The normalized spacial score (nSPS) is 19.6. The zero-order chi connectivity index (χ0) is 12.3. The van der Waals surface area contributed by atoms with E-state index in [4.69, 9.17) is 0 Å². The molecule has 0 radical (unpaired) electrons. The average molecular weight is 233 g/mol.